The van der Waals surface area contributed by atoms with Crippen molar-refractivity contribution in [3.05, 3.63) is 130 Å². The van der Waals surface area contributed by atoms with Crippen LogP contribution in [0.2, 0.25) is 0 Å². The van der Waals surface area contributed by atoms with E-state index in [-0.39, 0.29) is 62.8 Å². The van der Waals surface area contributed by atoms with Gasteiger partial charge in [0.2, 0.25) is 0 Å². The van der Waals surface area contributed by atoms with Gasteiger partial charge in [0.1, 0.15) is 30.8 Å². The van der Waals surface area contributed by atoms with Gasteiger partial charge >= 0.3 is 23.5 Å². The van der Waals surface area contributed by atoms with Crippen LogP contribution in [0, 0.1) is 47.3 Å². The predicted molar refractivity (Wildman–Crippen MR) is 326 cm³/mol. The number of aliphatic hydroxyl groups is 1. The van der Waals surface area contributed by atoms with Gasteiger partial charge in [-0.1, -0.05) is 145 Å². The molecule has 4 aromatic carbocycles. The van der Waals surface area contributed by atoms with Crippen LogP contribution in [0.1, 0.15) is 179 Å². The molecule has 0 bridgehead atoms. The molecule has 4 aromatic rings. The van der Waals surface area contributed by atoms with Crippen LogP contribution in [0.4, 0.5) is 9.59 Å². The molecule has 0 saturated heterocycles. The summed E-state index contributed by atoms with van der Waals surface area (Å²) in [5, 5.41) is 10.5. The van der Waals surface area contributed by atoms with Crippen LogP contribution >= 0.6 is 11.6 Å². The number of ether oxygens (including phenoxy) is 7. The first-order valence-electron chi connectivity index (χ1n) is 31.3. The second-order valence-corrected chi connectivity index (χ2v) is 24.7. The third-order valence-corrected chi connectivity index (χ3v) is 17.5. The minimum Gasteiger partial charge on any atom is -0.482 e. The molecule has 0 unspecified atom stereocenters. The number of aliphatic hydroxyl groups excluding tert-OH is 1. The lowest BCUT2D eigenvalue weighted by molar-refractivity contribution is -0.148. The van der Waals surface area contributed by atoms with Crippen molar-refractivity contribution in [1.29, 1.82) is 0 Å². The van der Waals surface area contributed by atoms with E-state index in [0.717, 1.165) is 113 Å². The highest BCUT2D eigenvalue weighted by atomic mass is 35.5. The molecule has 12 nitrogen and oxygen atoms in total. The largest absolute Gasteiger partial charge is 0.508 e. The number of carbonyl (C=O) groups is 4. The first kappa shape index (κ1) is 66.5. The number of hydrogen-bond acceptors (Lipinski definition) is 12. The summed E-state index contributed by atoms with van der Waals surface area (Å²) in [6.07, 6.45) is 18.3. The number of carbonyl (C=O) groups excluding carboxylic acids is 4. The van der Waals surface area contributed by atoms with Crippen molar-refractivity contribution in [1.82, 2.24) is 0 Å². The van der Waals surface area contributed by atoms with Crippen molar-refractivity contribution in [2.45, 2.75) is 209 Å². The van der Waals surface area contributed by atoms with Crippen LogP contribution in [0.15, 0.2) is 97.1 Å². The molecule has 83 heavy (non-hydrogen) atoms. The first-order chi connectivity index (χ1) is 40.0. The Kier molecular flexibility index (Phi) is 28.1. The van der Waals surface area contributed by atoms with Gasteiger partial charge in [-0.2, -0.15) is 0 Å². The molecule has 0 aromatic heterocycles. The van der Waals surface area contributed by atoms with Gasteiger partial charge in [-0.15, -0.1) is 0 Å². The number of hydrogen-bond donors (Lipinski definition) is 1. The molecule has 13 heteroatoms. The Morgan fingerprint density at radius 2 is 1.00 bits per heavy atom. The normalized spacial score (nSPS) is 21.7. The van der Waals surface area contributed by atoms with E-state index in [1.165, 1.54) is 47.9 Å². The minimum atomic E-state index is -0.741. The van der Waals surface area contributed by atoms with Crippen LogP contribution in [0.5, 0.6) is 11.5 Å². The van der Waals surface area contributed by atoms with Gasteiger partial charge in [0.25, 0.3) is 0 Å². The molecule has 2 fully saturated rings. The molecule has 4 aliphatic rings. The second kappa shape index (κ2) is 35.0. The highest BCUT2D eigenvalue weighted by Crippen LogP contribution is 2.52. The number of benzene rings is 4. The molecular weight excluding hydrogens is 1070 g/mol. The van der Waals surface area contributed by atoms with Crippen molar-refractivity contribution in [2.75, 3.05) is 13.2 Å². The van der Waals surface area contributed by atoms with Crippen molar-refractivity contribution < 1.29 is 57.4 Å². The van der Waals surface area contributed by atoms with Gasteiger partial charge < -0.3 is 38.3 Å². The zero-order valence-corrected chi connectivity index (χ0v) is 51.8. The smallest absolute Gasteiger partial charge is 0.482 e. The monoisotopic (exact) mass is 1160 g/mol. The Morgan fingerprint density at radius 1 is 0.542 bits per heavy atom. The van der Waals surface area contributed by atoms with E-state index in [1.807, 2.05) is 92.7 Å². The molecule has 456 valence electrons. The van der Waals surface area contributed by atoms with Crippen LogP contribution in [-0.2, 0) is 72.2 Å². The Morgan fingerprint density at radius 3 is 1.43 bits per heavy atom. The maximum Gasteiger partial charge on any atom is 0.508 e. The van der Waals surface area contributed by atoms with Crippen LogP contribution in [0.25, 0.3) is 0 Å². The number of halogens is 1. The molecule has 0 heterocycles. The van der Waals surface area contributed by atoms with E-state index in [9.17, 15) is 24.3 Å². The average Bonchev–Trinajstić information content (AvgIpc) is 2.99. The summed E-state index contributed by atoms with van der Waals surface area (Å²) in [4.78, 5) is 46.7. The van der Waals surface area contributed by atoms with Crippen LogP contribution in [-0.4, -0.2) is 66.3 Å². The van der Waals surface area contributed by atoms with Gasteiger partial charge in [-0.25, -0.2) is 19.2 Å². The molecule has 2 saturated carbocycles. The molecule has 0 aliphatic heterocycles. The lowest BCUT2D eigenvalue weighted by atomic mass is 9.73. The topological polar surface area (TPSA) is 153 Å². The molecule has 8 rings (SSSR count). The number of unbranched alkanes of at least 4 members (excludes halogenated alkanes) is 4. The minimum absolute atomic E-state index is 0.0632. The Labute approximate surface area is 501 Å². The van der Waals surface area contributed by atoms with E-state index in [1.54, 1.807) is 13.8 Å². The Balaban J connectivity index is 0.000000241. The average molecular weight is 1170 g/mol. The standard InChI is InChI=1S/C35H48O6.C31H42O4.C4H7ClO2/c1-5-6-8-15-29(41-35(37)40-24(2)3)17-18-30-25(4)19-28-21-32-27(20-31(28)30)14-11-16-33(32)38-23-34(36)39-22-26-12-9-7-10-13-26;1-3-4-6-13-26(32)15-16-27-22(2)17-25-19-29-24(18-28(25)27)12-9-14-30(29)34-21-31(33)35-20-23-10-7-5-8-11-23;1-3(2)7-4(5)6/h7,9-14,16,24-25,28-31H,5-6,8,15,17-23H2,1-4H3;5,7-12,14,22,25-28,32H,3-4,6,13,15-21H2,1-2H3;3H,1-2H3/t25-,28-,29+,30+,31+;22-,25-,26+,27+,28+;/m11./s1. The van der Waals surface area contributed by atoms with Crippen LogP contribution < -0.4 is 9.47 Å². The molecular formula is C70H97ClO12. The summed E-state index contributed by atoms with van der Waals surface area (Å²) in [5.41, 5.74) is 6.41. The number of esters is 2. The van der Waals surface area contributed by atoms with Crippen molar-refractivity contribution >= 4 is 35.1 Å². The molecule has 4 aliphatic carbocycles. The number of fused-ring (bicyclic) bond motifs is 4. The fraction of sp³-hybridized carbons (Fsp3) is 0.600. The quantitative estimate of drug-likeness (QED) is 0.0262. The third kappa shape index (κ3) is 22.1. The zero-order valence-electron chi connectivity index (χ0n) is 51.0. The molecule has 0 spiro atoms. The van der Waals surface area contributed by atoms with Gasteiger partial charge in [0, 0.05) is 11.6 Å². The Hall–Kier alpha value is -5.59. The zero-order chi connectivity index (χ0) is 59.7. The maximum atomic E-state index is 12.4. The molecule has 10 atom stereocenters. The van der Waals surface area contributed by atoms with Gasteiger partial charge in [-0.3, -0.25) is 0 Å². The van der Waals surface area contributed by atoms with E-state index in [2.05, 4.69) is 50.6 Å². The highest BCUT2D eigenvalue weighted by molar-refractivity contribution is 6.61. The predicted octanol–water partition coefficient (Wildman–Crippen LogP) is 16.4. The molecule has 1 N–H and O–H groups in total. The van der Waals surface area contributed by atoms with Crippen LogP contribution in [0.3, 0.4) is 0 Å². The summed E-state index contributed by atoms with van der Waals surface area (Å²) < 4.78 is 38.2. The second-order valence-electron chi connectivity index (χ2n) is 24.4. The van der Waals surface area contributed by atoms with Crippen molar-refractivity contribution in [2.24, 2.45) is 47.3 Å². The lowest BCUT2D eigenvalue weighted by Crippen LogP contribution is -2.28. The molecule has 0 amide bonds. The van der Waals surface area contributed by atoms with Crippen molar-refractivity contribution in [3.63, 3.8) is 0 Å². The van der Waals surface area contributed by atoms with E-state index in [0.29, 0.717) is 47.3 Å². The summed E-state index contributed by atoms with van der Waals surface area (Å²) in [6, 6.07) is 31.9. The fourth-order valence-electron chi connectivity index (χ4n) is 13.5. The maximum absolute atomic E-state index is 12.4. The third-order valence-electron chi connectivity index (χ3n) is 17.5. The van der Waals surface area contributed by atoms with Gasteiger partial charge in [0.05, 0.1) is 18.3 Å². The van der Waals surface area contributed by atoms with E-state index in [4.69, 9.17) is 40.0 Å². The van der Waals surface area contributed by atoms with Gasteiger partial charge in [0.15, 0.2) is 13.2 Å². The highest BCUT2D eigenvalue weighted by Gasteiger charge is 2.45. The fourth-order valence-corrected chi connectivity index (χ4v) is 13.6. The summed E-state index contributed by atoms with van der Waals surface area (Å²) in [6.45, 7) is 16.7. The van der Waals surface area contributed by atoms with E-state index >= 15 is 0 Å². The van der Waals surface area contributed by atoms with Gasteiger partial charge in [-0.05, 0) is 204 Å². The van der Waals surface area contributed by atoms with Crippen molar-refractivity contribution in [3.8, 4) is 11.5 Å². The molecule has 0 radical (unpaired) electrons. The summed E-state index contributed by atoms with van der Waals surface area (Å²) >= 11 is 4.81. The number of rotatable bonds is 27. The summed E-state index contributed by atoms with van der Waals surface area (Å²) in [7, 11) is 0. The lowest BCUT2D eigenvalue weighted by Gasteiger charge is -2.33. The van der Waals surface area contributed by atoms with E-state index < -0.39 is 11.6 Å². The SMILES string of the molecule is CC(C)OC(=O)Cl.CCCCC[C@@H](CC[C@@H]1[C@H]2Cc3cccc(OCC(=O)OCc4ccccc4)c3C[C@H]2C[C@H]1C)OC(=O)OC(C)C.CCCCC[C@H](O)CC[C@@H]1[C@H]2Cc3cccc(OCC(=O)OCc4ccccc4)c3C[C@H]2C[C@H]1C. The Bertz CT molecular complexity index is 2570. The summed E-state index contributed by atoms with van der Waals surface area (Å²) in [5.74, 6) is 6.11. The first-order valence-corrected chi connectivity index (χ1v) is 31.7.